The van der Waals surface area contributed by atoms with Gasteiger partial charge in [0.15, 0.2) is 0 Å². The number of fused-ring (bicyclic) bond motifs is 1. The van der Waals surface area contributed by atoms with Gasteiger partial charge in [-0.1, -0.05) is 11.6 Å². The van der Waals surface area contributed by atoms with E-state index < -0.39 is 0 Å². The Morgan fingerprint density at radius 1 is 1.40 bits per heavy atom. The van der Waals surface area contributed by atoms with Crippen molar-refractivity contribution in [3.8, 4) is 0 Å². The van der Waals surface area contributed by atoms with Crippen LogP contribution in [0.5, 0.6) is 0 Å². The molecule has 3 rings (SSSR count). The Kier molecular flexibility index (Phi) is 3.93. The van der Waals surface area contributed by atoms with Crippen molar-refractivity contribution in [1.82, 2.24) is 9.55 Å². The summed E-state index contributed by atoms with van der Waals surface area (Å²) in [6.07, 6.45) is 1.08. The first kappa shape index (κ1) is 14.2. The third-order valence-corrected chi connectivity index (χ3v) is 4.52. The highest BCUT2D eigenvalue weighted by Crippen LogP contribution is 2.34. The Morgan fingerprint density at radius 2 is 2.20 bits per heavy atom. The molecule has 1 aromatic heterocycles. The third-order valence-electron chi connectivity index (χ3n) is 4.09. The lowest BCUT2D eigenvalue weighted by molar-refractivity contribution is 0.175. The molecule has 3 unspecified atom stereocenters. The van der Waals surface area contributed by atoms with Gasteiger partial charge in [-0.15, -0.1) is 11.6 Å². The van der Waals surface area contributed by atoms with Gasteiger partial charge in [-0.3, -0.25) is 0 Å². The van der Waals surface area contributed by atoms with Crippen LogP contribution in [0.2, 0.25) is 5.02 Å². The van der Waals surface area contributed by atoms with E-state index >= 15 is 0 Å². The number of ether oxygens (including phenoxy) is 1. The van der Waals surface area contributed by atoms with Gasteiger partial charge in [0, 0.05) is 23.6 Å². The van der Waals surface area contributed by atoms with E-state index in [4.69, 9.17) is 27.9 Å². The molecule has 0 spiro atoms. The minimum atomic E-state index is -0.133. The molecule has 108 valence electrons. The molecule has 1 fully saturated rings. The summed E-state index contributed by atoms with van der Waals surface area (Å²) in [5.41, 5.74) is 2.00. The summed E-state index contributed by atoms with van der Waals surface area (Å²) in [7, 11) is 0. The first-order valence-corrected chi connectivity index (χ1v) is 7.78. The number of halogens is 2. The molecule has 5 heteroatoms. The summed E-state index contributed by atoms with van der Waals surface area (Å²) in [5.74, 6) is 1.41. The molecule has 2 heterocycles. The zero-order chi connectivity index (χ0) is 14.3. The largest absolute Gasteiger partial charge is 0.381 e. The van der Waals surface area contributed by atoms with Crippen LogP contribution < -0.4 is 0 Å². The second-order valence-corrected chi connectivity index (χ2v) is 6.54. The van der Waals surface area contributed by atoms with Crippen LogP contribution >= 0.6 is 23.2 Å². The van der Waals surface area contributed by atoms with E-state index in [9.17, 15) is 0 Å². The van der Waals surface area contributed by atoms with Gasteiger partial charge in [0.2, 0.25) is 0 Å². The van der Waals surface area contributed by atoms with Crippen molar-refractivity contribution in [2.45, 2.75) is 31.7 Å². The van der Waals surface area contributed by atoms with Crippen LogP contribution in [0.4, 0.5) is 0 Å². The van der Waals surface area contributed by atoms with E-state index in [2.05, 4.69) is 16.5 Å². The van der Waals surface area contributed by atoms with E-state index in [1.54, 1.807) is 0 Å². The van der Waals surface area contributed by atoms with Crippen LogP contribution in [0.25, 0.3) is 11.0 Å². The Hall–Kier alpha value is -0.770. The monoisotopic (exact) mass is 312 g/mol. The Balaban J connectivity index is 2.14. The van der Waals surface area contributed by atoms with Crippen LogP contribution in [-0.2, 0) is 4.74 Å². The Labute approximate surface area is 128 Å². The smallest absolute Gasteiger partial charge is 0.127 e. The summed E-state index contributed by atoms with van der Waals surface area (Å²) >= 11 is 12.5. The molecule has 20 heavy (non-hydrogen) atoms. The van der Waals surface area contributed by atoms with E-state index in [1.165, 1.54) is 0 Å². The van der Waals surface area contributed by atoms with Gasteiger partial charge < -0.3 is 9.30 Å². The van der Waals surface area contributed by atoms with Crippen LogP contribution in [0.15, 0.2) is 18.2 Å². The maximum absolute atomic E-state index is 6.32. The second kappa shape index (κ2) is 5.55. The summed E-state index contributed by atoms with van der Waals surface area (Å²) in [4.78, 5) is 4.68. The molecule has 0 aliphatic carbocycles. The van der Waals surface area contributed by atoms with Crippen molar-refractivity contribution >= 4 is 34.2 Å². The van der Waals surface area contributed by atoms with Crippen molar-refractivity contribution in [2.75, 3.05) is 13.2 Å². The molecule has 0 radical (unpaired) electrons. The molecule has 0 amide bonds. The van der Waals surface area contributed by atoms with Crippen molar-refractivity contribution in [3.63, 3.8) is 0 Å². The fourth-order valence-electron chi connectivity index (χ4n) is 2.94. The number of hydrogen-bond donors (Lipinski definition) is 0. The number of imidazole rings is 1. The zero-order valence-corrected chi connectivity index (χ0v) is 13.2. The summed E-state index contributed by atoms with van der Waals surface area (Å²) < 4.78 is 7.75. The lowest BCUT2D eigenvalue weighted by atomic mass is 10.00. The minimum Gasteiger partial charge on any atom is -0.381 e. The lowest BCUT2D eigenvalue weighted by Crippen LogP contribution is -2.19. The maximum atomic E-state index is 6.32. The van der Waals surface area contributed by atoms with E-state index in [0.29, 0.717) is 12.0 Å². The van der Waals surface area contributed by atoms with Gasteiger partial charge in [0.25, 0.3) is 0 Å². The summed E-state index contributed by atoms with van der Waals surface area (Å²) in [6.45, 7) is 5.81. The van der Waals surface area contributed by atoms with Crippen molar-refractivity contribution < 1.29 is 4.74 Å². The topological polar surface area (TPSA) is 27.1 Å². The van der Waals surface area contributed by atoms with Crippen LogP contribution in [0, 0.1) is 5.92 Å². The normalized spacial score (nSPS) is 22.3. The summed E-state index contributed by atoms with van der Waals surface area (Å²) in [6, 6.07) is 6.10. The molecule has 1 aliphatic rings. The molecule has 1 aromatic carbocycles. The molecule has 3 nitrogen and oxygen atoms in total. The first-order chi connectivity index (χ1) is 9.58. The van der Waals surface area contributed by atoms with Crippen LogP contribution in [0.1, 0.15) is 37.5 Å². The van der Waals surface area contributed by atoms with Crippen molar-refractivity contribution in [3.05, 3.63) is 29.0 Å². The predicted molar refractivity (Wildman–Crippen MR) is 82.6 cm³/mol. The first-order valence-electron chi connectivity index (χ1n) is 6.97. The highest BCUT2D eigenvalue weighted by molar-refractivity contribution is 6.31. The van der Waals surface area contributed by atoms with E-state index in [0.717, 1.165) is 41.5 Å². The maximum Gasteiger partial charge on any atom is 0.127 e. The molecule has 1 aliphatic heterocycles. The zero-order valence-electron chi connectivity index (χ0n) is 11.6. The number of nitrogens with zero attached hydrogens (tertiary/aromatic N) is 2. The fraction of sp³-hybridized carbons (Fsp3) is 0.533. The fourth-order valence-corrected chi connectivity index (χ4v) is 3.26. The van der Waals surface area contributed by atoms with Gasteiger partial charge in [-0.2, -0.15) is 0 Å². The number of benzene rings is 1. The quantitative estimate of drug-likeness (QED) is 0.775. The van der Waals surface area contributed by atoms with Gasteiger partial charge >= 0.3 is 0 Å². The molecular formula is C15H18Cl2N2O. The van der Waals surface area contributed by atoms with Crippen molar-refractivity contribution in [1.29, 1.82) is 0 Å². The van der Waals surface area contributed by atoms with Gasteiger partial charge in [-0.25, -0.2) is 4.98 Å². The SMILES string of the molecule is CC(Cl)c1nc2ccc(Cl)cc2n1C(C)C1CCOC1. The standard InChI is InChI=1S/C15H18Cl2N2O/c1-9(16)15-18-13-4-3-12(17)7-14(13)19(15)10(2)11-5-6-20-8-11/h3-4,7,9-11H,5-6,8H2,1-2H3. The number of hydrogen-bond acceptors (Lipinski definition) is 2. The molecule has 0 N–H and O–H groups in total. The number of alkyl halides is 1. The number of aromatic nitrogens is 2. The van der Waals surface area contributed by atoms with Crippen LogP contribution in [0.3, 0.4) is 0 Å². The van der Waals surface area contributed by atoms with Gasteiger partial charge in [-0.05, 0) is 38.5 Å². The van der Waals surface area contributed by atoms with Crippen LogP contribution in [-0.4, -0.2) is 22.8 Å². The van der Waals surface area contributed by atoms with E-state index in [1.807, 2.05) is 25.1 Å². The number of rotatable bonds is 3. The molecule has 0 bridgehead atoms. The minimum absolute atomic E-state index is 0.133. The van der Waals surface area contributed by atoms with E-state index in [-0.39, 0.29) is 5.38 Å². The predicted octanol–water partition coefficient (Wildman–Crippen LogP) is 4.59. The second-order valence-electron chi connectivity index (χ2n) is 5.45. The molecule has 2 aromatic rings. The average Bonchev–Trinajstić information content (AvgIpc) is 3.04. The van der Waals surface area contributed by atoms with Gasteiger partial charge in [0.1, 0.15) is 5.82 Å². The highest BCUT2D eigenvalue weighted by atomic mass is 35.5. The Morgan fingerprint density at radius 3 is 2.85 bits per heavy atom. The van der Waals surface area contributed by atoms with Gasteiger partial charge in [0.05, 0.1) is 23.0 Å². The molecular weight excluding hydrogens is 295 g/mol. The Bertz CT molecular complexity index is 618. The van der Waals surface area contributed by atoms with Crippen molar-refractivity contribution in [2.24, 2.45) is 5.92 Å². The molecule has 1 saturated heterocycles. The lowest BCUT2D eigenvalue weighted by Gasteiger charge is -2.23. The summed E-state index contributed by atoms with van der Waals surface area (Å²) in [5, 5.41) is 0.591. The highest BCUT2D eigenvalue weighted by Gasteiger charge is 2.28. The average molecular weight is 313 g/mol. The molecule has 3 atom stereocenters. The molecule has 0 saturated carbocycles. The third kappa shape index (κ3) is 2.43.